The summed E-state index contributed by atoms with van der Waals surface area (Å²) in [7, 11) is 4.18. The number of amides is 4. The van der Waals surface area contributed by atoms with E-state index in [4.69, 9.17) is 9.47 Å². The molecule has 1 aromatic rings. The standard InChI is InChI=1S/C25H32N4O6/c1-27-9-7-15(8-10-27)34-17-11-18(14-28(2)13-17)35-16-3-4-19-20(12-16)25(33)29(24(19)32)21-5-6-22(30)26-23(21)31/h3-4,12,15,17-18,21H,5-11,13-14H2,1-2H3,(H,26,30,31)/t17-,18-,21?/m1/s1. The van der Waals surface area contributed by atoms with Crippen LogP contribution in [0.1, 0.15) is 52.8 Å². The minimum absolute atomic E-state index is 0.0767. The number of fused-ring (bicyclic) bond motifs is 1. The summed E-state index contributed by atoms with van der Waals surface area (Å²) in [5.41, 5.74) is 0.469. The molecular formula is C25H32N4O6. The number of carbonyl (C=O) groups excluding carboxylic acids is 4. The van der Waals surface area contributed by atoms with Gasteiger partial charge in [0, 0.05) is 39.0 Å². The maximum absolute atomic E-state index is 13.1. The van der Waals surface area contributed by atoms with Gasteiger partial charge >= 0.3 is 0 Å². The summed E-state index contributed by atoms with van der Waals surface area (Å²) in [4.78, 5) is 55.2. The molecule has 1 unspecified atom stereocenters. The van der Waals surface area contributed by atoms with Gasteiger partial charge in [0.2, 0.25) is 11.8 Å². The molecule has 10 nitrogen and oxygen atoms in total. The predicted octanol–water partition coefficient (Wildman–Crippen LogP) is 0.650. The van der Waals surface area contributed by atoms with Gasteiger partial charge in [-0.25, -0.2) is 0 Å². The molecule has 10 heteroatoms. The van der Waals surface area contributed by atoms with E-state index in [0.717, 1.165) is 50.3 Å². The zero-order valence-electron chi connectivity index (χ0n) is 20.2. The van der Waals surface area contributed by atoms with E-state index in [0.29, 0.717) is 5.75 Å². The van der Waals surface area contributed by atoms with E-state index >= 15 is 0 Å². The molecule has 5 rings (SSSR count). The zero-order valence-corrected chi connectivity index (χ0v) is 20.2. The van der Waals surface area contributed by atoms with Crippen molar-refractivity contribution in [3.63, 3.8) is 0 Å². The summed E-state index contributed by atoms with van der Waals surface area (Å²) in [6.45, 7) is 3.68. The van der Waals surface area contributed by atoms with Crippen LogP contribution >= 0.6 is 0 Å². The largest absolute Gasteiger partial charge is 0.489 e. The maximum atomic E-state index is 13.1. The number of carbonyl (C=O) groups is 4. The summed E-state index contributed by atoms with van der Waals surface area (Å²) >= 11 is 0. The molecule has 3 saturated heterocycles. The van der Waals surface area contributed by atoms with Crippen molar-refractivity contribution in [2.24, 2.45) is 0 Å². The highest BCUT2D eigenvalue weighted by atomic mass is 16.5. The average molecular weight is 485 g/mol. The number of imide groups is 2. The Morgan fingerprint density at radius 3 is 2.31 bits per heavy atom. The maximum Gasteiger partial charge on any atom is 0.262 e. The Bertz CT molecular complexity index is 1040. The molecule has 0 spiro atoms. The molecule has 4 amide bonds. The van der Waals surface area contributed by atoms with Crippen LogP contribution in [0, 0.1) is 0 Å². The highest BCUT2D eigenvalue weighted by Gasteiger charge is 2.44. The fraction of sp³-hybridized carbons (Fsp3) is 0.600. The number of rotatable bonds is 5. The summed E-state index contributed by atoms with van der Waals surface area (Å²) in [5.74, 6) is -1.56. The van der Waals surface area contributed by atoms with Crippen LogP contribution in [-0.4, -0.2) is 103 Å². The van der Waals surface area contributed by atoms with Crippen LogP contribution in [0.15, 0.2) is 18.2 Å². The number of nitrogens with one attached hydrogen (secondary N) is 1. The molecule has 0 aromatic heterocycles. The van der Waals surface area contributed by atoms with Crippen LogP contribution in [-0.2, 0) is 14.3 Å². The van der Waals surface area contributed by atoms with Crippen molar-refractivity contribution in [1.29, 1.82) is 0 Å². The number of nitrogens with zero attached hydrogens (tertiary/aromatic N) is 3. The third kappa shape index (κ3) is 4.96. The van der Waals surface area contributed by atoms with E-state index in [1.54, 1.807) is 18.2 Å². The number of likely N-dealkylation sites (N-methyl/N-ethyl adjacent to an activating group) is 1. The highest BCUT2D eigenvalue weighted by Crippen LogP contribution is 2.31. The monoisotopic (exact) mass is 484 g/mol. The van der Waals surface area contributed by atoms with Gasteiger partial charge in [0.1, 0.15) is 17.9 Å². The fourth-order valence-corrected chi connectivity index (χ4v) is 5.51. The number of hydrogen-bond acceptors (Lipinski definition) is 8. The molecular weight excluding hydrogens is 452 g/mol. The quantitative estimate of drug-likeness (QED) is 0.607. The molecule has 4 aliphatic rings. The van der Waals surface area contributed by atoms with E-state index in [1.165, 1.54) is 0 Å². The van der Waals surface area contributed by atoms with Crippen molar-refractivity contribution < 1.29 is 28.7 Å². The molecule has 3 atom stereocenters. The third-order valence-electron chi connectivity index (χ3n) is 7.32. The lowest BCUT2D eigenvalue weighted by Crippen LogP contribution is -2.54. The van der Waals surface area contributed by atoms with Gasteiger partial charge in [-0.15, -0.1) is 0 Å². The van der Waals surface area contributed by atoms with E-state index in [2.05, 4.69) is 22.2 Å². The lowest BCUT2D eigenvalue weighted by atomic mass is 10.0. The van der Waals surface area contributed by atoms with Crippen molar-refractivity contribution >= 4 is 23.6 Å². The van der Waals surface area contributed by atoms with E-state index in [1.807, 2.05) is 7.05 Å². The van der Waals surface area contributed by atoms with Crippen molar-refractivity contribution in [1.82, 2.24) is 20.0 Å². The number of likely N-dealkylation sites (tertiary alicyclic amines) is 2. The van der Waals surface area contributed by atoms with Crippen molar-refractivity contribution in [3.8, 4) is 5.75 Å². The second kappa shape index (κ2) is 9.67. The first-order valence-electron chi connectivity index (χ1n) is 12.3. The lowest BCUT2D eigenvalue weighted by Gasteiger charge is -2.38. The third-order valence-corrected chi connectivity index (χ3v) is 7.32. The molecule has 0 aliphatic carbocycles. The first kappa shape index (κ1) is 23.9. The zero-order chi connectivity index (χ0) is 24.7. The first-order valence-corrected chi connectivity index (χ1v) is 12.3. The van der Waals surface area contributed by atoms with E-state index in [9.17, 15) is 19.2 Å². The Labute approximate surface area is 204 Å². The summed E-state index contributed by atoms with van der Waals surface area (Å²) in [6, 6.07) is 3.88. The van der Waals surface area contributed by atoms with Crippen LogP contribution < -0.4 is 10.1 Å². The molecule has 4 aliphatic heterocycles. The summed E-state index contributed by atoms with van der Waals surface area (Å²) in [6.07, 6.45) is 3.28. The van der Waals surface area contributed by atoms with Gasteiger partial charge in [-0.05, 0) is 51.6 Å². The minimum atomic E-state index is -0.978. The second-order valence-corrected chi connectivity index (χ2v) is 10.1. The molecule has 0 bridgehead atoms. The molecule has 3 fully saturated rings. The SMILES string of the molecule is CN1CCC(O[C@@H]2C[C@@H](Oc3ccc4c(c3)C(=O)N(C3CCC(=O)NC3=O)C4=O)CN(C)C2)CC1. The molecule has 4 heterocycles. The predicted molar refractivity (Wildman–Crippen MR) is 125 cm³/mol. The Morgan fingerprint density at radius 2 is 1.57 bits per heavy atom. The smallest absolute Gasteiger partial charge is 0.262 e. The normalized spacial score (nSPS) is 28.9. The van der Waals surface area contributed by atoms with E-state index in [-0.39, 0.29) is 42.3 Å². The van der Waals surface area contributed by atoms with E-state index < -0.39 is 29.7 Å². The number of hydrogen-bond donors (Lipinski definition) is 1. The molecule has 1 N–H and O–H groups in total. The molecule has 0 radical (unpaired) electrons. The van der Waals surface area contributed by atoms with Crippen LogP contribution in [0.2, 0.25) is 0 Å². The van der Waals surface area contributed by atoms with Gasteiger partial charge in [0.25, 0.3) is 11.8 Å². The number of benzene rings is 1. The van der Waals surface area contributed by atoms with Crippen LogP contribution in [0.4, 0.5) is 0 Å². The van der Waals surface area contributed by atoms with Crippen LogP contribution in [0.25, 0.3) is 0 Å². The Balaban J connectivity index is 1.25. The van der Waals surface area contributed by atoms with Gasteiger partial charge in [-0.1, -0.05) is 0 Å². The number of ether oxygens (including phenoxy) is 2. The van der Waals surface area contributed by atoms with Crippen molar-refractivity contribution in [3.05, 3.63) is 29.3 Å². The highest BCUT2D eigenvalue weighted by molar-refractivity contribution is 6.23. The summed E-state index contributed by atoms with van der Waals surface area (Å²) < 4.78 is 12.7. The van der Waals surface area contributed by atoms with Gasteiger partial charge in [-0.3, -0.25) is 29.4 Å². The van der Waals surface area contributed by atoms with Gasteiger partial charge in [0.05, 0.1) is 23.3 Å². The minimum Gasteiger partial charge on any atom is -0.489 e. The number of piperidine rings is 3. The van der Waals surface area contributed by atoms with Gasteiger partial charge in [-0.2, -0.15) is 0 Å². The van der Waals surface area contributed by atoms with Crippen molar-refractivity contribution in [2.45, 2.75) is 56.5 Å². The topological polar surface area (TPSA) is 108 Å². The Kier molecular flexibility index (Phi) is 6.61. The lowest BCUT2D eigenvalue weighted by molar-refractivity contribution is -0.136. The van der Waals surface area contributed by atoms with Gasteiger partial charge in [0.15, 0.2) is 0 Å². The second-order valence-electron chi connectivity index (χ2n) is 10.1. The average Bonchev–Trinajstić information content (AvgIpc) is 3.05. The first-order chi connectivity index (χ1) is 16.8. The van der Waals surface area contributed by atoms with Crippen molar-refractivity contribution in [2.75, 3.05) is 40.3 Å². The summed E-state index contributed by atoms with van der Waals surface area (Å²) in [5, 5.41) is 2.21. The molecule has 0 saturated carbocycles. The molecule has 35 heavy (non-hydrogen) atoms. The van der Waals surface area contributed by atoms with Crippen LogP contribution in [0.3, 0.4) is 0 Å². The fourth-order valence-electron chi connectivity index (χ4n) is 5.51. The Hall–Kier alpha value is -2.82. The van der Waals surface area contributed by atoms with Crippen LogP contribution in [0.5, 0.6) is 5.75 Å². The Morgan fingerprint density at radius 1 is 0.857 bits per heavy atom. The molecule has 188 valence electrons. The van der Waals surface area contributed by atoms with Gasteiger partial charge < -0.3 is 19.3 Å². The molecule has 1 aromatic carbocycles.